The number of rotatable bonds is 4. The summed E-state index contributed by atoms with van der Waals surface area (Å²) in [7, 11) is 3.16. The average molecular weight is 225 g/mol. The SMILES string of the molecule is COc1cc(C(O)C(C)N)c(OC)cc1C. The second-order valence-corrected chi connectivity index (χ2v) is 3.87. The minimum atomic E-state index is -0.760. The van der Waals surface area contributed by atoms with Crippen LogP contribution in [0.4, 0.5) is 0 Å². The predicted molar refractivity (Wildman–Crippen MR) is 62.9 cm³/mol. The van der Waals surface area contributed by atoms with E-state index in [1.54, 1.807) is 27.2 Å². The molecule has 16 heavy (non-hydrogen) atoms. The van der Waals surface area contributed by atoms with Crippen molar-refractivity contribution in [1.29, 1.82) is 0 Å². The van der Waals surface area contributed by atoms with Crippen molar-refractivity contribution in [3.05, 3.63) is 23.3 Å². The Kier molecular flexibility index (Phi) is 4.15. The first-order chi connectivity index (χ1) is 7.51. The smallest absolute Gasteiger partial charge is 0.125 e. The lowest BCUT2D eigenvalue weighted by atomic mass is 10.0. The maximum absolute atomic E-state index is 9.96. The first kappa shape index (κ1) is 12.8. The fraction of sp³-hybridized carbons (Fsp3) is 0.500. The van der Waals surface area contributed by atoms with Gasteiger partial charge in [-0.05, 0) is 31.5 Å². The molecule has 0 saturated carbocycles. The van der Waals surface area contributed by atoms with E-state index in [4.69, 9.17) is 15.2 Å². The summed E-state index contributed by atoms with van der Waals surface area (Å²) in [4.78, 5) is 0. The van der Waals surface area contributed by atoms with Crippen LogP contribution in [0.1, 0.15) is 24.2 Å². The molecular formula is C12H19NO3. The van der Waals surface area contributed by atoms with Crippen LogP contribution in [0.15, 0.2) is 12.1 Å². The molecule has 2 atom stereocenters. The number of benzene rings is 1. The van der Waals surface area contributed by atoms with Gasteiger partial charge in [-0.2, -0.15) is 0 Å². The van der Waals surface area contributed by atoms with Gasteiger partial charge in [-0.1, -0.05) is 0 Å². The number of hydrogen-bond acceptors (Lipinski definition) is 4. The zero-order valence-electron chi connectivity index (χ0n) is 10.2. The summed E-state index contributed by atoms with van der Waals surface area (Å²) in [5, 5.41) is 9.96. The zero-order valence-corrected chi connectivity index (χ0v) is 10.2. The molecule has 0 aliphatic rings. The molecule has 0 amide bonds. The lowest BCUT2D eigenvalue weighted by Crippen LogP contribution is -2.24. The van der Waals surface area contributed by atoms with Gasteiger partial charge in [0.05, 0.1) is 20.3 Å². The Morgan fingerprint density at radius 1 is 1.19 bits per heavy atom. The summed E-state index contributed by atoms with van der Waals surface area (Å²) in [5.41, 5.74) is 7.29. The quantitative estimate of drug-likeness (QED) is 0.812. The van der Waals surface area contributed by atoms with E-state index in [1.807, 2.05) is 13.0 Å². The van der Waals surface area contributed by atoms with Crippen LogP contribution in [-0.2, 0) is 0 Å². The minimum absolute atomic E-state index is 0.360. The third-order valence-corrected chi connectivity index (χ3v) is 2.56. The van der Waals surface area contributed by atoms with Crippen LogP contribution in [0, 0.1) is 6.92 Å². The summed E-state index contributed by atoms with van der Waals surface area (Å²) in [6, 6.07) is 3.24. The molecule has 4 nitrogen and oxygen atoms in total. The van der Waals surface area contributed by atoms with Crippen LogP contribution >= 0.6 is 0 Å². The normalized spacial score (nSPS) is 14.4. The maximum atomic E-state index is 9.96. The van der Waals surface area contributed by atoms with E-state index in [0.717, 1.165) is 11.3 Å². The van der Waals surface area contributed by atoms with Gasteiger partial charge in [-0.15, -0.1) is 0 Å². The molecule has 0 aliphatic carbocycles. The largest absolute Gasteiger partial charge is 0.496 e. The van der Waals surface area contributed by atoms with Crippen molar-refractivity contribution >= 4 is 0 Å². The third kappa shape index (κ3) is 2.46. The average Bonchev–Trinajstić information content (AvgIpc) is 2.27. The van der Waals surface area contributed by atoms with Gasteiger partial charge in [-0.3, -0.25) is 0 Å². The van der Waals surface area contributed by atoms with E-state index in [0.29, 0.717) is 11.3 Å². The van der Waals surface area contributed by atoms with Gasteiger partial charge in [0.15, 0.2) is 0 Å². The van der Waals surface area contributed by atoms with Crippen molar-refractivity contribution < 1.29 is 14.6 Å². The molecule has 3 N–H and O–H groups in total. The van der Waals surface area contributed by atoms with Crippen LogP contribution in [0.5, 0.6) is 11.5 Å². The van der Waals surface area contributed by atoms with Gasteiger partial charge >= 0.3 is 0 Å². The summed E-state index contributed by atoms with van der Waals surface area (Å²) in [6.07, 6.45) is -0.760. The number of nitrogens with two attached hydrogens (primary N) is 1. The number of methoxy groups -OCH3 is 2. The number of aliphatic hydroxyl groups is 1. The second-order valence-electron chi connectivity index (χ2n) is 3.87. The van der Waals surface area contributed by atoms with E-state index < -0.39 is 6.10 Å². The van der Waals surface area contributed by atoms with Gasteiger partial charge in [0, 0.05) is 11.6 Å². The second kappa shape index (κ2) is 5.18. The Balaban J connectivity index is 3.24. The molecule has 0 radical (unpaired) electrons. The van der Waals surface area contributed by atoms with Gasteiger partial charge < -0.3 is 20.3 Å². The number of ether oxygens (including phenoxy) is 2. The van der Waals surface area contributed by atoms with Crippen molar-refractivity contribution in [3.8, 4) is 11.5 Å². The third-order valence-electron chi connectivity index (χ3n) is 2.56. The highest BCUT2D eigenvalue weighted by molar-refractivity contribution is 5.47. The molecule has 0 bridgehead atoms. The van der Waals surface area contributed by atoms with Crippen molar-refractivity contribution in [2.45, 2.75) is 26.0 Å². The first-order valence-electron chi connectivity index (χ1n) is 5.17. The molecule has 0 aliphatic heterocycles. The van der Waals surface area contributed by atoms with E-state index in [2.05, 4.69) is 0 Å². The van der Waals surface area contributed by atoms with Crippen molar-refractivity contribution in [1.82, 2.24) is 0 Å². The van der Waals surface area contributed by atoms with Crippen molar-refractivity contribution in [2.24, 2.45) is 5.73 Å². The van der Waals surface area contributed by atoms with Crippen molar-refractivity contribution in [3.63, 3.8) is 0 Å². The van der Waals surface area contributed by atoms with Crippen molar-refractivity contribution in [2.75, 3.05) is 14.2 Å². The van der Waals surface area contributed by atoms with Crippen LogP contribution in [0.25, 0.3) is 0 Å². The van der Waals surface area contributed by atoms with Crippen LogP contribution in [0.3, 0.4) is 0 Å². The van der Waals surface area contributed by atoms with Gasteiger partial charge in [-0.25, -0.2) is 0 Å². The lowest BCUT2D eigenvalue weighted by Gasteiger charge is -2.19. The molecule has 0 fully saturated rings. The molecule has 1 aromatic carbocycles. The van der Waals surface area contributed by atoms with E-state index in [1.165, 1.54) is 0 Å². The molecule has 4 heteroatoms. The molecule has 90 valence electrons. The highest BCUT2D eigenvalue weighted by atomic mass is 16.5. The van der Waals surface area contributed by atoms with Crippen LogP contribution < -0.4 is 15.2 Å². The monoisotopic (exact) mass is 225 g/mol. The maximum Gasteiger partial charge on any atom is 0.125 e. The first-order valence-corrected chi connectivity index (χ1v) is 5.17. The van der Waals surface area contributed by atoms with Crippen LogP contribution in [0.2, 0.25) is 0 Å². The van der Waals surface area contributed by atoms with Crippen LogP contribution in [-0.4, -0.2) is 25.4 Å². The van der Waals surface area contributed by atoms with E-state index >= 15 is 0 Å². The topological polar surface area (TPSA) is 64.7 Å². The summed E-state index contributed by atoms with van der Waals surface area (Å²) in [5.74, 6) is 1.35. The molecule has 1 rings (SSSR count). The van der Waals surface area contributed by atoms with E-state index in [9.17, 15) is 5.11 Å². The van der Waals surface area contributed by atoms with Gasteiger partial charge in [0.1, 0.15) is 11.5 Å². The Morgan fingerprint density at radius 3 is 2.19 bits per heavy atom. The highest BCUT2D eigenvalue weighted by Crippen LogP contribution is 2.33. The number of aryl methyl sites for hydroxylation is 1. The highest BCUT2D eigenvalue weighted by Gasteiger charge is 2.19. The van der Waals surface area contributed by atoms with Gasteiger partial charge in [0.25, 0.3) is 0 Å². The fourth-order valence-electron chi connectivity index (χ4n) is 1.59. The molecule has 1 aromatic rings. The summed E-state index contributed by atoms with van der Waals surface area (Å²) < 4.78 is 10.4. The fourth-order valence-corrected chi connectivity index (χ4v) is 1.59. The molecule has 0 aromatic heterocycles. The van der Waals surface area contributed by atoms with E-state index in [-0.39, 0.29) is 6.04 Å². The standard InChI is InChI=1S/C12H19NO3/c1-7-5-11(16-4)9(6-10(7)15-3)12(14)8(2)13/h5-6,8,12,14H,13H2,1-4H3. The molecule has 0 heterocycles. The number of aliphatic hydroxyl groups excluding tert-OH is 1. The Morgan fingerprint density at radius 2 is 1.75 bits per heavy atom. The zero-order chi connectivity index (χ0) is 12.3. The summed E-state index contributed by atoms with van der Waals surface area (Å²) >= 11 is 0. The minimum Gasteiger partial charge on any atom is -0.496 e. The summed E-state index contributed by atoms with van der Waals surface area (Å²) in [6.45, 7) is 3.67. The molecule has 0 spiro atoms. The molecule has 2 unspecified atom stereocenters. The van der Waals surface area contributed by atoms with Gasteiger partial charge in [0.2, 0.25) is 0 Å². The number of hydrogen-bond donors (Lipinski definition) is 2. The Bertz CT molecular complexity index is 364. The molecule has 0 saturated heterocycles. The molecular weight excluding hydrogens is 206 g/mol. The lowest BCUT2D eigenvalue weighted by molar-refractivity contribution is 0.149. The predicted octanol–water partition coefficient (Wildman–Crippen LogP) is 1.39. The Hall–Kier alpha value is -1.26. The Labute approximate surface area is 96.0 Å².